The van der Waals surface area contributed by atoms with Gasteiger partial charge in [0.1, 0.15) is 11.4 Å². The number of ether oxygens (including phenoxy) is 1. The smallest absolute Gasteiger partial charge is 0.341 e. The zero-order valence-electron chi connectivity index (χ0n) is 8.93. The third-order valence-electron chi connectivity index (χ3n) is 2.25. The molecule has 0 spiro atoms. The second-order valence-corrected chi connectivity index (χ2v) is 3.33. The molecule has 0 radical (unpaired) electrons. The average Bonchev–Trinajstić information content (AvgIpc) is 2.28. The van der Waals surface area contributed by atoms with E-state index in [-0.39, 0.29) is 5.82 Å². The molecule has 4 heteroatoms. The van der Waals surface area contributed by atoms with E-state index in [1.54, 1.807) is 13.0 Å². The van der Waals surface area contributed by atoms with E-state index in [1.807, 2.05) is 24.3 Å². The molecule has 0 atom stereocenters. The van der Waals surface area contributed by atoms with Crippen molar-refractivity contribution < 1.29 is 9.53 Å². The number of benzene rings is 1. The second-order valence-electron chi connectivity index (χ2n) is 3.33. The van der Waals surface area contributed by atoms with Gasteiger partial charge in [-0.2, -0.15) is 0 Å². The number of carbonyl (C=O) groups excluding carboxylic acids is 1. The van der Waals surface area contributed by atoms with Crippen LogP contribution in [0.2, 0.25) is 0 Å². The van der Waals surface area contributed by atoms with Crippen molar-refractivity contribution in [2.75, 3.05) is 12.3 Å². The van der Waals surface area contributed by atoms with Crippen molar-refractivity contribution in [2.24, 2.45) is 0 Å². The second kappa shape index (κ2) is 4.18. The molecule has 82 valence electrons. The van der Waals surface area contributed by atoms with E-state index < -0.39 is 5.97 Å². The third-order valence-corrected chi connectivity index (χ3v) is 2.25. The highest BCUT2D eigenvalue weighted by molar-refractivity contribution is 5.98. The van der Waals surface area contributed by atoms with Crippen molar-refractivity contribution in [1.29, 1.82) is 0 Å². The van der Waals surface area contributed by atoms with E-state index in [4.69, 9.17) is 10.5 Å². The largest absolute Gasteiger partial charge is 0.462 e. The number of esters is 1. The quantitative estimate of drug-likeness (QED) is 0.780. The fourth-order valence-corrected chi connectivity index (χ4v) is 1.50. The standard InChI is InChI=1S/C12H12N2O2/c1-2-16-12(15)9-7-8-5-3-4-6-10(8)14-11(9)13/h3-7H,2H2,1H3,(H2,13,14). The summed E-state index contributed by atoms with van der Waals surface area (Å²) in [7, 11) is 0. The Morgan fingerprint density at radius 2 is 2.19 bits per heavy atom. The van der Waals surface area contributed by atoms with Crippen LogP contribution in [0.15, 0.2) is 30.3 Å². The number of hydrogen-bond donors (Lipinski definition) is 1. The molecule has 2 N–H and O–H groups in total. The summed E-state index contributed by atoms with van der Waals surface area (Å²) >= 11 is 0. The molecule has 0 saturated heterocycles. The summed E-state index contributed by atoms with van der Waals surface area (Å²) in [6.45, 7) is 2.08. The van der Waals surface area contributed by atoms with Crippen molar-refractivity contribution >= 4 is 22.7 Å². The van der Waals surface area contributed by atoms with Gasteiger partial charge in [-0.05, 0) is 19.1 Å². The van der Waals surface area contributed by atoms with Gasteiger partial charge in [0, 0.05) is 5.39 Å². The van der Waals surface area contributed by atoms with Gasteiger partial charge in [0.05, 0.1) is 12.1 Å². The van der Waals surface area contributed by atoms with E-state index in [0.29, 0.717) is 12.2 Å². The van der Waals surface area contributed by atoms with Crippen molar-refractivity contribution in [2.45, 2.75) is 6.92 Å². The fourth-order valence-electron chi connectivity index (χ4n) is 1.50. The van der Waals surface area contributed by atoms with Crippen LogP contribution in [0.25, 0.3) is 10.9 Å². The molecule has 0 amide bonds. The van der Waals surface area contributed by atoms with E-state index in [1.165, 1.54) is 0 Å². The van der Waals surface area contributed by atoms with Crippen LogP contribution in [-0.2, 0) is 4.74 Å². The van der Waals surface area contributed by atoms with Crippen LogP contribution in [0.1, 0.15) is 17.3 Å². The van der Waals surface area contributed by atoms with Crippen molar-refractivity contribution in [1.82, 2.24) is 4.98 Å². The van der Waals surface area contributed by atoms with Gasteiger partial charge in [-0.15, -0.1) is 0 Å². The first-order chi connectivity index (χ1) is 7.72. The predicted octanol–water partition coefficient (Wildman–Crippen LogP) is 1.99. The number of fused-ring (bicyclic) bond motifs is 1. The predicted molar refractivity (Wildman–Crippen MR) is 62.1 cm³/mol. The number of nitrogens with zero attached hydrogens (tertiary/aromatic N) is 1. The maximum absolute atomic E-state index is 11.6. The number of pyridine rings is 1. The Labute approximate surface area is 93.0 Å². The summed E-state index contributed by atoms with van der Waals surface area (Å²) in [6.07, 6.45) is 0. The zero-order chi connectivity index (χ0) is 11.5. The number of carbonyl (C=O) groups is 1. The topological polar surface area (TPSA) is 65.2 Å². The van der Waals surface area contributed by atoms with E-state index in [0.717, 1.165) is 10.9 Å². The van der Waals surface area contributed by atoms with Gasteiger partial charge in [-0.3, -0.25) is 0 Å². The highest BCUT2D eigenvalue weighted by Gasteiger charge is 2.12. The number of anilines is 1. The van der Waals surface area contributed by atoms with E-state index in [2.05, 4.69) is 4.98 Å². The molecule has 0 bridgehead atoms. The molecule has 2 aromatic rings. The lowest BCUT2D eigenvalue weighted by Crippen LogP contribution is -2.09. The van der Waals surface area contributed by atoms with Crippen LogP contribution >= 0.6 is 0 Å². The van der Waals surface area contributed by atoms with Crippen molar-refractivity contribution in [3.05, 3.63) is 35.9 Å². The summed E-state index contributed by atoms with van der Waals surface area (Å²) in [5, 5.41) is 0.875. The molecular weight excluding hydrogens is 204 g/mol. The molecule has 0 fully saturated rings. The minimum Gasteiger partial charge on any atom is -0.462 e. The Kier molecular flexibility index (Phi) is 2.72. The SMILES string of the molecule is CCOC(=O)c1cc2ccccc2nc1N. The van der Waals surface area contributed by atoms with Gasteiger partial charge in [-0.1, -0.05) is 18.2 Å². The highest BCUT2D eigenvalue weighted by Crippen LogP contribution is 2.18. The first-order valence-corrected chi connectivity index (χ1v) is 5.04. The number of nitrogen functional groups attached to an aromatic ring is 1. The van der Waals surface area contributed by atoms with E-state index in [9.17, 15) is 4.79 Å². The molecule has 2 rings (SSSR count). The Hall–Kier alpha value is -2.10. The minimum absolute atomic E-state index is 0.206. The first kappa shape index (κ1) is 10.4. The lowest BCUT2D eigenvalue weighted by molar-refractivity contribution is 0.0527. The number of nitrogens with two attached hydrogens (primary N) is 1. The molecule has 0 aliphatic rings. The van der Waals surface area contributed by atoms with Crippen molar-refractivity contribution in [3.63, 3.8) is 0 Å². The normalized spacial score (nSPS) is 10.3. The van der Waals surface area contributed by atoms with Crippen molar-refractivity contribution in [3.8, 4) is 0 Å². The average molecular weight is 216 g/mol. The molecule has 0 saturated carbocycles. The van der Waals surface area contributed by atoms with Gasteiger partial charge >= 0.3 is 5.97 Å². The minimum atomic E-state index is -0.432. The van der Waals surface area contributed by atoms with Gasteiger partial charge in [0.2, 0.25) is 0 Å². The molecule has 0 aliphatic carbocycles. The van der Waals surface area contributed by atoms with Gasteiger partial charge in [-0.25, -0.2) is 9.78 Å². The number of rotatable bonds is 2. The van der Waals surface area contributed by atoms with Gasteiger partial charge < -0.3 is 10.5 Å². The Morgan fingerprint density at radius 1 is 1.44 bits per heavy atom. The third kappa shape index (κ3) is 1.82. The summed E-state index contributed by atoms with van der Waals surface area (Å²) in [6, 6.07) is 9.19. The molecule has 16 heavy (non-hydrogen) atoms. The number of aromatic nitrogens is 1. The van der Waals surface area contributed by atoms with Crippen LogP contribution < -0.4 is 5.73 Å². The maximum Gasteiger partial charge on any atom is 0.341 e. The fraction of sp³-hybridized carbons (Fsp3) is 0.167. The Balaban J connectivity index is 2.54. The summed E-state index contributed by atoms with van der Waals surface area (Å²) in [4.78, 5) is 15.7. The van der Waals surface area contributed by atoms with Gasteiger partial charge in [0.25, 0.3) is 0 Å². The summed E-state index contributed by atoms with van der Waals surface area (Å²) in [5.41, 5.74) is 6.80. The Morgan fingerprint density at radius 3 is 2.94 bits per heavy atom. The van der Waals surface area contributed by atoms with Crippen LogP contribution in [0, 0.1) is 0 Å². The molecule has 1 heterocycles. The lowest BCUT2D eigenvalue weighted by Gasteiger charge is -2.06. The molecule has 4 nitrogen and oxygen atoms in total. The highest BCUT2D eigenvalue weighted by atomic mass is 16.5. The van der Waals surface area contributed by atoms with Gasteiger partial charge in [0.15, 0.2) is 0 Å². The molecule has 1 aromatic heterocycles. The molecule has 0 aliphatic heterocycles. The Bertz CT molecular complexity index is 538. The summed E-state index contributed by atoms with van der Waals surface area (Å²) < 4.78 is 4.90. The lowest BCUT2D eigenvalue weighted by atomic mass is 10.1. The molecular formula is C12H12N2O2. The first-order valence-electron chi connectivity index (χ1n) is 5.04. The number of para-hydroxylation sites is 1. The zero-order valence-corrected chi connectivity index (χ0v) is 8.93. The van der Waals surface area contributed by atoms with Crippen LogP contribution in [0.5, 0.6) is 0 Å². The summed E-state index contributed by atoms with van der Waals surface area (Å²) in [5.74, 6) is -0.226. The molecule has 1 aromatic carbocycles. The maximum atomic E-state index is 11.6. The van der Waals surface area contributed by atoms with Crippen LogP contribution in [0.4, 0.5) is 5.82 Å². The number of hydrogen-bond acceptors (Lipinski definition) is 4. The monoisotopic (exact) mass is 216 g/mol. The van der Waals surface area contributed by atoms with E-state index >= 15 is 0 Å². The van der Waals surface area contributed by atoms with Crippen LogP contribution in [0.3, 0.4) is 0 Å². The molecule has 0 unspecified atom stereocenters. The van der Waals surface area contributed by atoms with Crippen LogP contribution in [-0.4, -0.2) is 17.6 Å².